The van der Waals surface area contributed by atoms with Gasteiger partial charge in [-0.1, -0.05) is 6.07 Å². The van der Waals surface area contributed by atoms with E-state index in [1.54, 1.807) is 0 Å². The molecule has 0 spiro atoms. The first-order valence-electron chi connectivity index (χ1n) is 4.38. The molecule has 1 fully saturated rings. The van der Waals surface area contributed by atoms with Crippen LogP contribution in [0, 0.1) is 5.92 Å². The summed E-state index contributed by atoms with van der Waals surface area (Å²) in [6.07, 6.45) is 1.22. The molecule has 0 amide bonds. The van der Waals surface area contributed by atoms with Gasteiger partial charge in [0.15, 0.2) is 0 Å². The Morgan fingerprint density at radius 1 is 1.67 bits per heavy atom. The summed E-state index contributed by atoms with van der Waals surface area (Å²) in [5, 5.41) is 5.62. The summed E-state index contributed by atoms with van der Waals surface area (Å²) >= 11 is 1.82. The molecule has 0 saturated carbocycles. The van der Waals surface area contributed by atoms with Gasteiger partial charge in [-0.3, -0.25) is 0 Å². The van der Waals surface area contributed by atoms with Crippen molar-refractivity contribution in [3.63, 3.8) is 0 Å². The highest BCUT2D eigenvalue weighted by molar-refractivity contribution is 7.10. The van der Waals surface area contributed by atoms with Crippen molar-refractivity contribution in [2.45, 2.75) is 12.5 Å². The zero-order valence-electron chi connectivity index (χ0n) is 6.99. The van der Waals surface area contributed by atoms with Crippen LogP contribution in [-0.4, -0.2) is 13.1 Å². The summed E-state index contributed by atoms with van der Waals surface area (Å²) in [5.41, 5.74) is 5.69. The van der Waals surface area contributed by atoms with E-state index in [0.717, 1.165) is 13.1 Å². The van der Waals surface area contributed by atoms with Gasteiger partial charge in [0.2, 0.25) is 0 Å². The lowest BCUT2D eigenvalue weighted by atomic mass is 10.00. The quantitative estimate of drug-likeness (QED) is 0.724. The molecule has 2 atom stereocenters. The van der Waals surface area contributed by atoms with Gasteiger partial charge in [0.05, 0.1) is 0 Å². The summed E-state index contributed by atoms with van der Waals surface area (Å²) < 4.78 is 0. The van der Waals surface area contributed by atoms with Gasteiger partial charge < -0.3 is 11.1 Å². The molecule has 2 heterocycles. The summed E-state index contributed by atoms with van der Waals surface area (Å²) in [5.74, 6) is 0.642. The highest BCUT2D eigenvalue weighted by Crippen LogP contribution is 2.31. The minimum Gasteiger partial charge on any atom is -0.330 e. The lowest BCUT2D eigenvalue weighted by molar-refractivity contribution is 0.479. The van der Waals surface area contributed by atoms with Crippen LogP contribution < -0.4 is 11.1 Å². The molecule has 1 aliphatic heterocycles. The Morgan fingerprint density at radius 2 is 2.58 bits per heavy atom. The van der Waals surface area contributed by atoms with E-state index in [1.165, 1.54) is 11.3 Å². The molecule has 12 heavy (non-hydrogen) atoms. The summed E-state index contributed by atoms with van der Waals surface area (Å²) in [4.78, 5) is 1.43. The molecule has 2 unspecified atom stereocenters. The van der Waals surface area contributed by atoms with Gasteiger partial charge >= 0.3 is 0 Å². The molecular weight excluding hydrogens is 168 g/mol. The molecule has 0 bridgehead atoms. The number of thiophene rings is 1. The predicted molar refractivity (Wildman–Crippen MR) is 52.2 cm³/mol. The lowest BCUT2D eigenvalue weighted by Gasteiger charge is -2.15. The Kier molecular flexibility index (Phi) is 2.44. The van der Waals surface area contributed by atoms with Gasteiger partial charge in [0.1, 0.15) is 0 Å². The van der Waals surface area contributed by atoms with Crippen LogP contribution in [0.5, 0.6) is 0 Å². The van der Waals surface area contributed by atoms with Gasteiger partial charge in [0, 0.05) is 10.9 Å². The minimum absolute atomic E-state index is 0.523. The van der Waals surface area contributed by atoms with E-state index in [0.29, 0.717) is 12.0 Å². The van der Waals surface area contributed by atoms with E-state index in [4.69, 9.17) is 5.73 Å². The highest BCUT2D eigenvalue weighted by Gasteiger charge is 2.27. The van der Waals surface area contributed by atoms with E-state index in [1.807, 2.05) is 11.3 Å². The van der Waals surface area contributed by atoms with Gasteiger partial charge in [-0.2, -0.15) is 0 Å². The monoisotopic (exact) mass is 182 g/mol. The third-order valence-electron chi connectivity index (χ3n) is 2.50. The zero-order valence-corrected chi connectivity index (χ0v) is 7.81. The average Bonchev–Trinajstić information content (AvgIpc) is 2.74. The molecule has 3 N–H and O–H groups in total. The second-order valence-electron chi connectivity index (χ2n) is 3.23. The molecule has 0 aliphatic carbocycles. The first-order chi connectivity index (χ1) is 5.92. The van der Waals surface area contributed by atoms with E-state index in [2.05, 4.69) is 22.8 Å². The average molecular weight is 182 g/mol. The van der Waals surface area contributed by atoms with Crippen molar-refractivity contribution in [2.75, 3.05) is 13.1 Å². The second-order valence-corrected chi connectivity index (χ2v) is 4.21. The van der Waals surface area contributed by atoms with E-state index < -0.39 is 0 Å². The van der Waals surface area contributed by atoms with Crippen molar-refractivity contribution in [2.24, 2.45) is 11.7 Å². The maximum atomic E-state index is 5.69. The Labute approximate surface area is 76.8 Å². The van der Waals surface area contributed by atoms with Crippen LogP contribution in [0.25, 0.3) is 0 Å². The molecule has 1 aromatic heterocycles. The number of hydrogen-bond acceptors (Lipinski definition) is 3. The van der Waals surface area contributed by atoms with Crippen LogP contribution in [0.4, 0.5) is 0 Å². The molecular formula is C9H14N2S. The zero-order chi connectivity index (χ0) is 8.39. The fourth-order valence-electron chi connectivity index (χ4n) is 1.81. The second kappa shape index (κ2) is 3.56. The van der Waals surface area contributed by atoms with Crippen molar-refractivity contribution >= 4 is 11.3 Å². The molecule has 2 nitrogen and oxygen atoms in total. The Bertz CT molecular complexity index is 233. The maximum absolute atomic E-state index is 5.69. The Hall–Kier alpha value is -0.380. The minimum atomic E-state index is 0.523. The largest absolute Gasteiger partial charge is 0.330 e. The smallest absolute Gasteiger partial charge is 0.0456 e. The van der Waals surface area contributed by atoms with Crippen LogP contribution in [-0.2, 0) is 0 Å². The van der Waals surface area contributed by atoms with Crippen LogP contribution in [0.3, 0.4) is 0 Å². The maximum Gasteiger partial charge on any atom is 0.0456 e. The number of rotatable bonds is 2. The molecule has 2 rings (SSSR count). The van der Waals surface area contributed by atoms with Crippen LogP contribution in [0.2, 0.25) is 0 Å². The van der Waals surface area contributed by atoms with Gasteiger partial charge in [-0.05, 0) is 36.9 Å². The standard InChI is InChI=1S/C9H14N2S/c10-6-7-3-4-11-9(7)8-2-1-5-12-8/h1-2,5,7,9,11H,3-4,6,10H2. The number of nitrogens with two attached hydrogens (primary N) is 1. The Balaban J connectivity index is 2.13. The van der Waals surface area contributed by atoms with E-state index >= 15 is 0 Å². The van der Waals surface area contributed by atoms with Crippen molar-refractivity contribution < 1.29 is 0 Å². The normalized spacial score (nSPS) is 29.4. The van der Waals surface area contributed by atoms with Crippen molar-refractivity contribution in [3.8, 4) is 0 Å². The van der Waals surface area contributed by atoms with Gasteiger partial charge in [-0.15, -0.1) is 11.3 Å². The summed E-state index contributed by atoms with van der Waals surface area (Å²) in [6, 6.07) is 4.82. The molecule has 0 radical (unpaired) electrons. The fraction of sp³-hybridized carbons (Fsp3) is 0.556. The highest BCUT2D eigenvalue weighted by atomic mass is 32.1. The first-order valence-corrected chi connectivity index (χ1v) is 5.26. The number of hydrogen-bond donors (Lipinski definition) is 2. The Morgan fingerprint density at radius 3 is 3.25 bits per heavy atom. The molecule has 66 valence electrons. The molecule has 3 heteroatoms. The van der Waals surface area contributed by atoms with Crippen LogP contribution in [0.1, 0.15) is 17.3 Å². The third kappa shape index (κ3) is 1.40. The predicted octanol–water partition coefficient (Wildman–Crippen LogP) is 1.36. The lowest BCUT2D eigenvalue weighted by Crippen LogP contribution is -2.22. The molecule has 0 aromatic carbocycles. The van der Waals surface area contributed by atoms with Gasteiger partial charge in [-0.25, -0.2) is 0 Å². The summed E-state index contributed by atoms with van der Waals surface area (Å²) in [6.45, 7) is 1.92. The number of nitrogens with one attached hydrogen (secondary N) is 1. The summed E-state index contributed by atoms with van der Waals surface area (Å²) in [7, 11) is 0. The molecule has 1 saturated heterocycles. The van der Waals surface area contributed by atoms with E-state index in [9.17, 15) is 0 Å². The van der Waals surface area contributed by atoms with E-state index in [-0.39, 0.29) is 0 Å². The SMILES string of the molecule is NCC1CCNC1c1cccs1. The van der Waals surface area contributed by atoms with Crippen molar-refractivity contribution in [1.29, 1.82) is 0 Å². The van der Waals surface area contributed by atoms with Crippen molar-refractivity contribution in [1.82, 2.24) is 5.32 Å². The van der Waals surface area contributed by atoms with Crippen LogP contribution >= 0.6 is 11.3 Å². The van der Waals surface area contributed by atoms with Gasteiger partial charge in [0.25, 0.3) is 0 Å². The molecule has 1 aromatic rings. The molecule has 1 aliphatic rings. The fourth-order valence-corrected chi connectivity index (χ4v) is 2.71. The van der Waals surface area contributed by atoms with Crippen molar-refractivity contribution in [3.05, 3.63) is 22.4 Å². The van der Waals surface area contributed by atoms with Crippen LogP contribution in [0.15, 0.2) is 17.5 Å². The first kappa shape index (κ1) is 8.23. The topological polar surface area (TPSA) is 38.0 Å². The third-order valence-corrected chi connectivity index (χ3v) is 3.46.